The van der Waals surface area contributed by atoms with Crippen LogP contribution in [0.4, 0.5) is 15.8 Å². The molecule has 0 aliphatic heterocycles. The van der Waals surface area contributed by atoms with Crippen LogP contribution in [0.25, 0.3) is 10.9 Å². The lowest BCUT2D eigenvalue weighted by Crippen LogP contribution is -2.36. The first-order chi connectivity index (χ1) is 16.4. The van der Waals surface area contributed by atoms with Crippen molar-refractivity contribution in [3.63, 3.8) is 0 Å². The summed E-state index contributed by atoms with van der Waals surface area (Å²) in [4.78, 5) is 38.1. The van der Waals surface area contributed by atoms with Gasteiger partial charge in [0, 0.05) is 15.5 Å². The van der Waals surface area contributed by atoms with Gasteiger partial charge in [-0.3, -0.25) is 19.8 Å². The van der Waals surface area contributed by atoms with Gasteiger partial charge in [0.1, 0.15) is 17.3 Å². The minimum Gasteiger partial charge on any atom is -0.497 e. The number of amides is 3. The molecule has 4 aromatic rings. The normalized spacial score (nSPS) is 10.6. The van der Waals surface area contributed by atoms with Gasteiger partial charge in [-0.2, -0.15) is 0 Å². The van der Waals surface area contributed by atoms with Gasteiger partial charge in [-0.15, -0.1) is 0 Å². The Kier molecular flexibility index (Phi) is 6.60. The largest absolute Gasteiger partial charge is 0.497 e. The van der Waals surface area contributed by atoms with E-state index in [0.29, 0.717) is 22.3 Å². The van der Waals surface area contributed by atoms with E-state index in [4.69, 9.17) is 4.74 Å². The number of anilines is 2. The van der Waals surface area contributed by atoms with Gasteiger partial charge in [-0.25, -0.2) is 9.07 Å². The highest BCUT2D eigenvalue weighted by molar-refractivity contribution is 9.10. The molecule has 172 valence electrons. The molecule has 1 aromatic heterocycles. The Balaban J connectivity index is 1.61. The van der Waals surface area contributed by atoms with Crippen molar-refractivity contribution < 1.29 is 23.5 Å². The molecule has 0 saturated carbocycles. The van der Waals surface area contributed by atoms with Crippen LogP contribution in [-0.4, -0.2) is 29.5 Å². The molecule has 8 nitrogen and oxygen atoms in total. The number of nitrogens with zero attached hydrogens (tertiary/aromatic N) is 1. The molecule has 3 N–H and O–H groups in total. The van der Waals surface area contributed by atoms with E-state index in [-0.39, 0.29) is 11.4 Å². The molecule has 0 atom stereocenters. The first kappa shape index (κ1) is 23.0. The van der Waals surface area contributed by atoms with Gasteiger partial charge < -0.3 is 15.4 Å². The topological polar surface area (TPSA) is 101 Å². The molecule has 0 fully saturated rings. The zero-order valence-corrected chi connectivity index (χ0v) is 19.4. The van der Waals surface area contributed by atoms with Gasteiger partial charge in [0.2, 0.25) is 0 Å². The molecule has 0 aliphatic rings. The van der Waals surface area contributed by atoms with Crippen LogP contribution < -0.4 is 20.8 Å². The van der Waals surface area contributed by atoms with Crippen LogP contribution in [0.1, 0.15) is 10.5 Å². The number of carbonyl (C=O) groups excluding carboxylic acids is 3. The molecule has 34 heavy (non-hydrogen) atoms. The molecule has 4 rings (SSSR count). The van der Waals surface area contributed by atoms with Crippen molar-refractivity contribution in [1.29, 1.82) is 0 Å². The zero-order chi connectivity index (χ0) is 24.2. The van der Waals surface area contributed by atoms with Crippen molar-refractivity contribution >= 4 is 55.9 Å². The third kappa shape index (κ3) is 4.91. The van der Waals surface area contributed by atoms with Gasteiger partial charge in [-0.05, 0) is 60.7 Å². The lowest BCUT2D eigenvalue weighted by atomic mass is 10.2. The number of benzene rings is 3. The van der Waals surface area contributed by atoms with E-state index < -0.39 is 23.5 Å². The number of aromatic nitrogens is 1. The lowest BCUT2D eigenvalue weighted by molar-refractivity contribution is -0.133. The van der Waals surface area contributed by atoms with Crippen molar-refractivity contribution in [2.24, 2.45) is 0 Å². The number of para-hydroxylation sites is 1. The number of methoxy groups -OCH3 is 1. The Morgan fingerprint density at radius 2 is 1.65 bits per heavy atom. The van der Waals surface area contributed by atoms with Gasteiger partial charge >= 0.3 is 11.8 Å². The summed E-state index contributed by atoms with van der Waals surface area (Å²) in [6, 6.07) is 18.8. The van der Waals surface area contributed by atoms with E-state index in [0.717, 1.165) is 4.47 Å². The molecule has 0 bridgehead atoms. The molecule has 0 spiro atoms. The SMILES string of the molecule is COc1ccc(NC(=O)C(=O)Nn2c(C(=O)Nc3ccccc3F)cc3cc(Br)ccc32)cc1. The number of nitrogens with one attached hydrogen (secondary N) is 3. The van der Waals surface area contributed by atoms with Crippen LogP contribution in [0, 0.1) is 5.82 Å². The minimum atomic E-state index is -1.00. The number of ether oxygens (including phenoxy) is 1. The summed E-state index contributed by atoms with van der Waals surface area (Å²) in [7, 11) is 1.51. The highest BCUT2D eigenvalue weighted by Crippen LogP contribution is 2.24. The Morgan fingerprint density at radius 3 is 2.35 bits per heavy atom. The number of hydrogen-bond acceptors (Lipinski definition) is 4. The van der Waals surface area contributed by atoms with Gasteiger partial charge in [-0.1, -0.05) is 28.1 Å². The van der Waals surface area contributed by atoms with Gasteiger partial charge in [0.15, 0.2) is 0 Å². The third-order valence-electron chi connectivity index (χ3n) is 4.89. The Labute approximate surface area is 201 Å². The molecular formula is C24H18BrFN4O4. The van der Waals surface area contributed by atoms with Crippen molar-refractivity contribution in [2.75, 3.05) is 23.2 Å². The van der Waals surface area contributed by atoms with Crippen molar-refractivity contribution in [3.8, 4) is 5.75 Å². The molecule has 0 unspecified atom stereocenters. The van der Waals surface area contributed by atoms with E-state index in [2.05, 4.69) is 32.0 Å². The molecule has 1 heterocycles. The lowest BCUT2D eigenvalue weighted by Gasteiger charge is -2.13. The van der Waals surface area contributed by atoms with E-state index in [1.165, 1.54) is 36.1 Å². The van der Waals surface area contributed by atoms with Crippen molar-refractivity contribution in [1.82, 2.24) is 4.68 Å². The Hall–Kier alpha value is -4.18. The smallest absolute Gasteiger partial charge is 0.328 e. The van der Waals surface area contributed by atoms with Crippen LogP contribution >= 0.6 is 15.9 Å². The second-order valence-corrected chi connectivity index (χ2v) is 8.04. The van der Waals surface area contributed by atoms with E-state index >= 15 is 0 Å². The average molecular weight is 525 g/mol. The number of rotatable bonds is 5. The summed E-state index contributed by atoms with van der Waals surface area (Å²) in [5.41, 5.74) is 3.28. The van der Waals surface area contributed by atoms with Crippen LogP contribution in [0.2, 0.25) is 0 Å². The Morgan fingerprint density at radius 1 is 0.912 bits per heavy atom. The molecule has 3 amide bonds. The summed E-state index contributed by atoms with van der Waals surface area (Å²) in [6.45, 7) is 0. The number of carbonyl (C=O) groups is 3. The molecule has 10 heteroatoms. The van der Waals surface area contributed by atoms with Crippen LogP contribution in [0.15, 0.2) is 77.3 Å². The maximum Gasteiger partial charge on any atom is 0.328 e. The highest BCUT2D eigenvalue weighted by atomic mass is 79.9. The number of halogens is 2. The predicted molar refractivity (Wildman–Crippen MR) is 130 cm³/mol. The number of fused-ring (bicyclic) bond motifs is 1. The van der Waals surface area contributed by atoms with Crippen LogP contribution in [0.3, 0.4) is 0 Å². The summed E-state index contributed by atoms with van der Waals surface area (Å²) >= 11 is 3.37. The molecule has 3 aromatic carbocycles. The summed E-state index contributed by atoms with van der Waals surface area (Å²) in [5, 5.41) is 5.58. The van der Waals surface area contributed by atoms with Crippen LogP contribution in [-0.2, 0) is 9.59 Å². The van der Waals surface area contributed by atoms with E-state index in [1.54, 1.807) is 48.5 Å². The minimum absolute atomic E-state index is 0.00181. The molecule has 0 saturated heterocycles. The van der Waals surface area contributed by atoms with Crippen molar-refractivity contribution in [2.45, 2.75) is 0 Å². The summed E-state index contributed by atoms with van der Waals surface area (Å²) in [5.74, 6) is -2.63. The first-order valence-electron chi connectivity index (χ1n) is 9.99. The summed E-state index contributed by atoms with van der Waals surface area (Å²) < 4.78 is 21.0. The molecular weight excluding hydrogens is 507 g/mol. The average Bonchev–Trinajstić information content (AvgIpc) is 3.18. The monoisotopic (exact) mass is 524 g/mol. The maximum absolute atomic E-state index is 14.0. The van der Waals surface area contributed by atoms with Crippen molar-refractivity contribution in [3.05, 3.63) is 88.8 Å². The second kappa shape index (κ2) is 9.75. The van der Waals surface area contributed by atoms with Crippen LogP contribution in [0.5, 0.6) is 5.75 Å². The highest BCUT2D eigenvalue weighted by Gasteiger charge is 2.22. The molecule has 0 radical (unpaired) electrons. The fraction of sp³-hybridized carbons (Fsp3) is 0.0417. The second-order valence-electron chi connectivity index (χ2n) is 7.13. The first-order valence-corrected chi connectivity index (χ1v) is 10.8. The summed E-state index contributed by atoms with van der Waals surface area (Å²) in [6.07, 6.45) is 0. The quantitative estimate of drug-likeness (QED) is 0.334. The molecule has 0 aliphatic carbocycles. The standard InChI is InChI=1S/C24H18BrFN4O4/c1-34-17-9-7-16(8-10-17)27-23(32)24(33)29-30-20-11-6-15(25)12-14(20)13-21(30)22(31)28-19-5-3-2-4-18(19)26/h2-13H,1H3,(H,27,32)(H,28,31)(H,29,33). The van der Waals surface area contributed by atoms with E-state index in [1.807, 2.05) is 0 Å². The third-order valence-corrected chi connectivity index (χ3v) is 5.38. The fourth-order valence-corrected chi connectivity index (χ4v) is 3.62. The van der Waals surface area contributed by atoms with Gasteiger partial charge in [0.05, 0.1) is 18.3 Å². The predicted octanol–water partition coefficient (Wildman–Crippen LogP) is 4.51. The van der Waals surface area contributed by atoms with Gasteiger partial charge in [0.25, 0.3) is 5.91 Å². The Bertz CT molecular complexity index is 1400. The fourth-order valence-electron chi connectivity index (χ4n) is 3.24. The maximum atomic E-state index is 14.0. The zero-order valence-electron chi connectivity index (χ0n) is 17.8. The number of hydrogen-bond donors (Lipinski definition) is 3. The van der Waals surface area contributed by atoms with E-state index in [9.17, 15) is 18.8 Å².